The van der Waals surface area contributed by atoms with E-state index in [9.17, 15) is 0 Å². The molecule has 2 aromatic rings. The highest BCUT2D eigenvalue weighted by molar-refractivity contribution is 5.72. The number of nitrogens with two attached hydrogens (primary N) is 1. The summed E-state index contributed by atoms with van der Waals surface area (Å²) in [6, 6.07) is 3.61. The molecule has 20 heavy (non-hydrogen) atoms. The number of nitrogens with zero attached hydrogens (tertiary/aromatic N) is 1. The topological polar surface area (TPSA) is 82.5 Å². The average molecular weight is 275 g/mol. The van der Waals surface area contributed by atoms with Gasteiger partial charge >= 0.3 is 0 Å². The van der Waals surface area contributed by atoms with Gasteiger partial charge in [0.05, 0.1) is 24.1 Å². The second kappa shape index (κ2) is 5.32. The number of anilines is 2. The van der Waals surface area contributed by atoms with Gasteiger partial charge in [-0.05, 0) is 0 Å². The predicted molar refractivity (Wildman–Crippen MR) is 75.1 cm³/mol. The smallest absolute Gasteiger partial charge is 0.213 e. The summed E-state index contributed by atoms with van der Waals surface area (Å²) >= 11 is 0. The minimum atomic E-state index is 0.476. The molecule has 0 saturated carbocycles. The van der Waals surface area contributed by atoms with Gasteiger partial charge in [0.25, 0.3) is 0 Å². The second-order valence-electron chi connectivity index (χ2n) is 4.51. The summed E-state index contributed by atoms with van der Waals surface area (Å²) in [5.41, 5.74) is 7.38. The van der Waals surface area contributed by atoms with Crippen LogP contribution in [0.5, 0.6) is 11.5 Å². The van der Waals surface area contributed by atoms with Gasteiger partial charge in [0, 0.05) is 18.6 Å². The number of nitrogens with one attached hydrogen (secondary N) is 1. The van der Waals surface area contributed by atoms with Crippen LogP contribution in [0.2, 0.25) is 0 Å². The van der Waals surface area contributed by atoms with Gasteiger partial charge in [0.2, 0.25) is 5.89 Å². The molecule has 0 saturated heterocycles. The van der Waals surface area contributed by atoms with E-state index in [0.29, 0.717) is 42.8 Å². The van der Waals surface area contributed by atoms with Gasteiger partial charge in [0.1, 0.15) is 19.0 Å². The number of fused-ring (bicyclic) bond motifs is 1. The van der Waals surface area contributed by atoms with Crippen molar-refractivity contribution in [2.24, 2.45) is 0 Å². The summed E-state index contributed by atoms with van der Waals surface area (Å²) in [7, 11) is 0. The van der Waals surface area contributed by atoms with Crippen LogP contribution in [-0.2, 0) is 13.0 Å². The molecule has 0 fully saturated rings. The van der Waals surface area contributed by atoms with E-state index < -0.39 is 0 Å². The van der Waals surface area contributed by atoms with Crippen molar-refractivity contribution in [1.29, 1.82) is 0 Å². The summed E-state index contributed by atoms with van der Waals surface area (Å²) in [4.78, 5) is 4.19. The lowest BCUT2D eigenvalue weighted by molar-refractivity contribution is 0.172. The molecule has 0 atom stereocenters. The molecule has 3 rings (SSSR count). The lowest BCUT2D eigenvalue weighted by Crippen LogP contribution is -2.16. The van der Waals surface area contributed by atoms with Gasteiger partial charge in [-0.2, -0.15) is 0 Å². The first-order chi connectivity index (χ1) is 9.76. The maximum absolute atomic E-state index is 5.99. The Morgan fingerprint density at radius 2 is 2.00 bits per heavy atom. The maximum atomic E-state index is 5.99. The van der Waals surface area contributed by atoms with E-state index in [2.05, 4.69) is 10.3 Å². The Morgan fingerprint density at radius 1 is 1.25 bits per heavy atom. The number of rotatable bonds is 4. The van der Waals surface area contributed by atoms with Crippen LogP contribution in [0.15, 0.2) is 22.7 Å². The molecular weight excluding hydrogens is 258 g/mol. The molecule has 106 valence electrons. The van der Waals surface area contributed by atoms with E-state index in [1.54, 1.807) is 12.3 Å². The van der Waals surface area contributed by atoms with E-state index in [0.717, 1.165) is 17.9 Å². The molecule has 0 unspecified atom stereocenters. The minimum absolute atomic E-state index is 0.476. The van der Waals surface area contributed by atoms with Crippen molar-refractivity contribution in [2.75, 3.05) is 24.3 Å². The van der Waals surface area contributed by atoms with Crippen LogP contribution in [-0.4, -0.2) is 18.2 Å². The summed E-state index contributed by atoms with van der Waals surface area (Å²) in [6.45, 7) is 3.60. The van der Waals surface area contributed by atoms with E-state index in [4.69, 9.17) is 19.6 Å². The monoisotopic (exact) mass is 275 g/mol. The molecule has 1 aromatic heterocycles. The zero-order valence-electron chi connectivity index (χ0n) is 11.3. The Hall–Kier alpha value is -2.37. The largest absolute Gasteiger partial charge is 0.486 e. The molecule has 0 bridgehead atoms. The molecule has 0 radical (unpaired) electrons. The van der Waals surface area contributed by atoms with Gasteiger partial charge < -0.3 is 24.9 Å². The molecule has 2 heterocycles. The fourth-order valence-corrected chi connectivity index (χ4v) is 2.02. The summed E-state index contributed by atoms with van der Waals surface area (Å²) in [5.74, 6) is 2.89. The number of aryl methyl sites for hydroxylation is 1. The Bertz CT molecular complexity index is 610. The normalized spacial score (nSPS) is 13.2. The maximum Gasteiger partial charge on any atom is 0.213 e. The van der Waals surface area contributed by atoms with Crippen LogP contribution < -0.4 is 20.5 Å². The van der Waals surface area contributed by atoms with Gasteiger partial charge in [-0.25, -0.2) is 4.98 Å². The predicted octanol–water partition coefficient (Wildman–Crippen LogP) is 2.20. The molecule has 0 spiro atoms. The second-order valence-corrected chi connectivity index (χ2v) is 4.51. The van der Waals surface area contributed by atoms with E-state index in [1.165, 1.54) is 0 Å². The standard InChI is InChI=1S/C14H17N3O3/c1-2-9-7-17-14(20-9)8-16-11-6-13-12(5-10(11)15)18-3-4-19-13/h5-7,16H,2-4,8,15H2,1H3. The number of oxazole rings is 1. The number of nitrogen functional groups attached to an aromatic ring is 1. The third-order valence-corrected chi connectivity index (χ3v) is 3.09. The average Bonchev–Trinajstić information content (AvgIpc) is 2.93. The molecule has 6 heteroatoms. The van der Waals surface area contributed by atoms with Gasteiger partial charge in [-0.1, -0.05) is 6.92 Å². The Balaban J connectivity index is 1.73. The Kier molecular flexibility index (Phi) is 3.37. The van der Waals surface area contributed by atoms with E-state index in [1.807, 2.05) is 13.0 Å². The first-order valence-corrected chi connectivity index (χ1v) is 6.63. The first-order valence-electron chi connectivity index (χ1n) is 6.63. The third-order valence-electron chi connectivity index (χ3n) is 3.09. The first kappa shape index (κ1) is 12.7. The molecule has 3 N–H and O–H groups in total. The SMILES string of the molecule is CCc1cnc(CNc2cc3c(cc2N)OCCO3)o1. The zero-order chi connectivity index (χ0) is 13.9. The number of ether oxygens (including phenoxy) is 2. The summed E-state index contributed by atoms with van der Waals surface area (Å²) < 4.78 is 16.5. The van der Waals surface area contributed by atoms with Crippen molar-refractivity contribution in [2.45, 2.75) is 19.9 Å². The van der Waals surface area contributed by atoms with Crippen molar-refractivity contribution in [1.82, 2.24) is 4.98 Å². The molecule has 1 aliphatic rings. The molecule has 0 amide bonds. The van der Waals surface area contributed by atoms with Crippen LogP contribution in [0.4, 0.5) is 11.4 Å². The molecule has 0 aliphatic carbocycles. The minimum Gasteiger partial charge on any atom is -0.486 e. The number of benzene rings is 1. The van der Waals surface area contributed by atoms with Crippen molar-refractivity contribution >= 4 is 11.4 Å². The van der Waals surface area contributed by atoms with Crippen LogP contribution in [0, 0.1) is 0 Å². The fraction of sp³-hybridized carbons (Fsp3) is 0.357. The molecule has 1 aromatic carbocycles. The van der Waals surface area contributed by atoms with Crippen molar-refractivity contribution < 1.29 is 13.9 Å². The van der Waals surface area contributed by atoms with Gasteiger partial charge in [0.15, 0.2) is 11.5 Å². The van der Waals surface area contributed by atoms with Gasteiger partial charge in [-0.15, -0.1) is 0 Å². The van der Waals surface area contributed by atoms with Crippen molar-refractivity contribution in [3.8, 4) is 11.5 Å². The highest BCUT2D eigenvalue weighted by Crippen LogP contribution is 2.37. The van der Waals surface area contributed by atoms with E-state index >= 15 is 0 Å². The number of aromatic nitrogens is 1. The highest BCUT2D eigenvalue weighted by Gasteiger charge is 2.14. The Labute approximate surface area is 116 Å². The zero-order valence-corrected chi connectivity index (χ0v) is 11.3. The van der Waals surface area contributed by atoms with E-state index in [-0.39, 0.29) is 0 Å². The highest BCUT2D eigenvalue weighted by atomic mass is 16.6. The van der Waals surface area contributed by atoms with Crippen LogP contribution in [0.3, 0.4) is 0 Å². The lowest BCUT2D eigenvalue weighted by atomic mass is 10.2. The third kappa shape index (κ3) is 2.49. The van der Waals surface area contributed by atoms with Crippen molar-refractivity contribution in [3.63, 3.8) is 0 Å². The summed E-state index contributed by atoms with van der Waals surface area (Å²) in [5, 5.41) is 3.20. The number of hydrogen-bond acceptors (Lipinski definition) is 6. The quantitative estimate of drug-likeness (QED) is 0.832. The van der Waals surface area contributed by atoms with Crippen molar-refractivity contribution in [3.05, 3.63) is 30.0 Å². The van der Waals surface area contributed by atoms with Crippen LogP contribution >= 0.6 is 0 Å². The fourth-order valence-electron chi connectivity index (χ4n) is 2.02. The summed E-state index contributed by atoms with van der Waals surface area (Å²) in [6.07, 6.45) is 2.57. The molecule has 6 nitrogen and oxygen atoms in total. The lowest BCUT2D eigenvalue weighted by Gasteiger charge is -2.20. The molecular formula is C14H17N3O3. The van der Waals surface area contributed by atoms with Crippen LogP contribution in [0.1, 0.15) is 18.6 Å². The van der Waals surface area contributed by atoms with Crippen LogP contribution in [0.25, 0.3) is 0 Å². The Morgan fingerprint density at radius 3 is 2.70 bits per heavy atom. The number of hydrogen-bond donors (Lipinski definition) is 2. The van der Waals surface area contributed by atoms with Gasteiger partial charge in [-0.3, -0.25) is 0 Å². The molecule has 1 aliphatic heterocycles.